The molecule has 0 atom stereocenters. The quantitative estimate of drug-likeness (QED) is 0.878. The average Bonchev–Trinajstić information content (AvgIpc) is 2.65. The lowest BCUT2D eigenvalue weighted by Gasteiger charge is -2.10. The van der Waals surface area contributed by atoms with E-state index in [9.17, 15) is 22.0 Å². The summed E-state index contributed by atoms with van der Waals surface area (Å²) in [6.45, 7) is 0.119. The van der Waals surface area contributed by atoms with Crippen LogP contribution in [0.3, 0.4) is 0 Å². The molecule has 19 heavy (non-hydrogen) atoms. The third-order valence-electron chi connectivity index (χ3n) is 2.63. The number of aryl methyl sites for hydroxylation is 1. The molecule has 0 bridgehead atoms. The Labute approximate surface area is 104 Å². The number of fused-ring (bicyclic) bond motifs is 1. The van der Waals surface area contributed by atoms with Crippen molar-refractivity contribution in [2.75, 3.05) is 6.54 Å². The molecule has 2 rings (SSSR count). The molecule has 2 aromatic rings. The lowest BCUT2D eigenvalue weighted by Crippen LogP contribution is -2.16. The molecule has 0 saturated carbocycles. The summed E-state index contributed by atoms with van der Waals surface area (Å²) in [7, 11) is 0. The number of alkyl halides is 3. The highest BCUT2D eigenvalue weighted by Crippen LogP contribution is 2.32. The van der Waals surface area contributed by atoms with Crippen LogP contribution in [0.15, 0.2) is 12.1 Å². The minimum absolute atomic E-state index is 0.0626. The van der Waals surface area contributed by atoms with Gasteiger partial charge >= 0.3 is 6.18 Å². The van der Waals surface area contributed by atoms with Gasteiger partial charge in [-0.05, 0) is 13.0 Å². The number of imidazole rings is 1. The number of nitrogens with two attached hydrogens (primary N) is 1. The summed E-state index contributed by atoms with van der Waals surface area (Å²) < 4.78 is 65.4. The third-order valence-corrected chi connectivity index (χ3v) is 2.63. The van der Waals surface area contributed by atoms with E-state index in [0.717, 1.165) is 4.57 Å². The van der Waals surface area contributed by atoms with E-state index in [4.69, 9.17) is 5.73 Å². The summed E-state index contributed by atoms with van der Waals surface area (Å²) in [6, 6.07) is 1.36. The SMILES string of the molecule is NCCCn1c(C(F)(F)F)nc2cc(F)c(F)cc21. The highest BCUT2D eigenvalue weighted by Gasteiger charge is 2.37. The monoisotopic (exact) mass is 279 g/mol. The molecule has 8 heteroatoms. The zero-order valence-electron chi connectivity index (χ0n) is 9.64. The molecule has 104 valence electrons. The molecule has 0 spiro atoms. The Kier molecular flexibility index (Phi) is 3.44. The van der Waals surface area contributed by atoms with E-state index >= 15 is 0 Å². The van der Waals surface area contributed by atoms with Crippen LogP contribution in [0.1, 0.15) is 12.2 Å². The number of hydrogen-bond acceptors (Lipinski definition) is 2. The Morgan fingerprint density at radius 2 is 1.79 bits per heavy atom. The molecule has 0 aliphatic carbocycles. The van der Waals surface area contributed by atoms with Gasteiger partial charge < -0.3 is 10.3 Å². The maximum Gasteiger partial charge on any atom is 0.449 e. The van der Waals surface area contributed by atoms with Crippen molar-refractivity contribution in [3.05, 3.63) is 29.6 Å². The predicted molar refractivity (Wildman–Crippen MR) is 58.3 cm³/mol. The first-order valence-electron chi connectivity index (χ1n) is 5.47. The van der Waals surface area contributed by atoms with Crippen molar-refractivity contribution in [1.82, 2.24) is 9.55 Å². The van der Waals surface area contributed by atoms with E-state index in [1.54, 1.807) is 0 Å². The van der Waals surface area contributed by atoms with Gasteiger partial charge in [-0.2, -0.15) is 13.2 Å². The molecule has 1 heterocycles. The molecule has 0 saturated heterocycles. The van der Waals surface area contributed by atoms with Crippen LogP contribution >= 0.6 is 0 Å². The van der Waals surface area contributed by atoms with Gasteiger partial charge in [0.05, 0.1) is 11.0 Å². The van der Waals surface area contributed by atoms with Crippen LogP contribution in [0.25, 0.3) is 11.0 Å². The van der Waals surface area contributed by atoms with Gasteiger partial charge in [0.2, 0.25) is 5.82 Å². The highest BCUT2D eigenvalue weighted by molar-refractivity contribution is 5.76. The lowest BCUT2D eigenvalue weighted by molar-refractivity contribution is -0.146. The van der Waals surface area contributed by atoms with Crippen LogP contribution in [0.5, 0.6) is 0 Å². The van der Waals surface area contributed by atoms with Crippen molar-refractivity contribution in [2.45, 2.75) is 19.1 Å². The average molecular weight is 279 g/mol. The Balaban J connectivity index is 2.67. The minimum atomic E-state index is -4.69. The maximum atomic E-state index is 13.1. The number of benzene rings is 1. The van der Waals surface area contributed by atoms with Crippen LogP contribution in [-0.2, 0) is 12.7 Å². The number of halogens is 5. The normalized spacial score (nSPS) is 12.3. The number of hydrogen-bond donors (Lipinski definition) is 1. The van der Waals surface area contributed by atoms with Crippen molar-refractivity contribution < 1.29 is 22.0 Å². The Hall–Kier alpha value is -1.70. The standard InChI is InChI=1S/C11H10F5N3/c12-6-4-8-9(5-7(6)13)19(3-1-2-17)10(18-8)11(14,15)16/h4-5H,1-3,17H2. The zero-order valence-corrected chi connectivity index (χ0v) is 9.64. The Morgan fingerprint density at radius 3 is 2.37 bits per heavy atom. The second-order valence-electron chi connectivity index (χ2n) is 3.98. The Morgan fingerprint density at radius 1 is 1.16 bits per heavy atom. The van der Waals surface area contributed by atoms with Crippen molar-refractivity contribution in [3.8, 4) is 0 Å². The third kappa shape index (κ3) is 2.53. The van der Waals surface area contributed by atoms with Crippen LogP contribution in [0.4, 0.5) is 22.0 Å². The molecule has 0 aliphatic rings. The highest BCUT2D eigenvalue weighted by atomic mass is 19.4. The van der Waals surface area contributed by atoms with E-state index in [0.29, 0.717) is 12.1 Å². The van der Waals surface area contributed by atoms with Crippen LogP contribution < -0.4 is 5.73 Å². The van der Waals surface area contributed by atoms with Gasteiger partial charge in [-0.3, -0.25) is 0 Å². The minimum Gasteiger partial charge on any atom is -0.330 e. The first-order chi connectivity index (χ1) is 8.84. The van der Waals surface area contributed by atoms with E-state index in [1.807, 2.05) is 0 Å². The summed E-state index contributed by atoms with van der Waals surface area (Å²) in [4.78, 5) is 3.33. The second kappa shape index (κ2) is 4.76. The van der Waals surface area contributed by atoms with Crippen molar-refractivity contribution >= 4 is 11.0 Å². The van der Waals surface area contributed by atoms with Crippen molar-refractivity contribution in [3.63, 3.8) is 0 Å². The van der Waals surface area contributed by atoms with Crippen LogP contribution in [0.2, 0.25) is 0 Å². The summed E-state index contributed by atoms with van der Waals surface area (Å²) in [5, 5.41) is 0. The van der Waals surface area contributed by atoms with Gasteiger partial charge in [0.25, 0.3) is 0 Å². The van der Waals surface area contributed by atoms with Gasteiger partial charge in [-0.15, -0.1) is 0 Å². The van der Waals surface area contributed by atoms with E-state index < -0.39 is 23.6 Å². The van der Waals surface area contributed by atoms with Gasteiger partial charge in [0, 0.05) is 18.7 Å². The summed E-state index contributed by atoms with van der Waals surface area (Å²) in [5.74, 6) is -3.62. The molecule has 3 nitrogen and oxygen atoms in total. The van der Waals surface area contributed by atoms with E-state index in [2.05, 4.69) is 4.98 Å². The molecule has 0 amide bonds. The molecule has 0 unspecified atom stereocenters. The summed E-state index contributed by atoms with van der Waals surface area (Å²) in [5.41, 5.74) is 4.92. The van der Waals surface area contributed by atoms with Gasteiger partial charge in [0.1, 0.15) is 0 Å². The molecule has 0 aliphatic heterocycles. The Bertz CT molecular complexity index is 602. The smallest absolute Gasteiger partial charge is 0.330 e. The van der Waals surface area contributed by atoms with Crippen LogP contribution in [-0.4, -0.2) is 16.1 Å². The first kappa shape index (κ1) is 13.7. The summed E-state index contributed by atoms with van der Waals surface area (Å²) >= 11 is 0. The molecule has 0 radical (unpaired) electrons. The fraction of sp³-hybridized carbons (Fsp3) is 0.364. The zero-order chi connectivity index (χ0) is 14.2. The largest absolute Gasteiger partial charge is 0.449 e. The van der Waals surface area contributed by atoms with Gasteiger partial charge in [0.15, 0.2) is 11.6 Å². The van der Waals surface area contributed by atoms with Gasteiger partial charge in [-0.25, -0.2) is 13.8 Å². The second-order valence-corrected chi connectivity index (χ2v) is 3.98. The molecule has 1 aromatic carbocycles. The molecule has 2 N–H and O–H groups in total. The first-order valence-corrected chi connectivity index (χ1v) is 5.47. The molecular formula is C11H10F5N3. The van der Waals surface area contributed by atoms with Crippen LogP contribution in [0, 0.1) is 11.6 Å². The lowest BCUT2D eigenvalue weighted by atomic mass is 10.3. The fourth-order valence-corrected chi connectivity index (χ4v) is 1.81. The number of rotatable bonds is 3. The maximum absolute atomic E-state index is 13.1. The van der Waals surface area contributed by atoms with Gasteiger partial charge in [-0.1, -0.05) is 0 Å². The summed E-state index contributed by atoms with van der Waals surface area (Å²) in [6.07, 6.45) is -4.42. The number of nitrogens with zero attached hydrogens (tertiary/aromatic N) is 2. The van der Waals surface area contributed by atoms with E-state index in [-0.39, 0.29) is 30.5 Å². The fourth-order valence-electron chi connectivity index (χ4n) is 1.81. The molecule has 0 fully saturated rings. The van der Waals surface area contributed by atoms with Crippen molar-refractivity contribution in [1.29, 1.82) is 0 Å². The number of aromatic nitrogens is 2. The topological polar surface area (TPSA) is 43.8 Å². The van der Waals surface area contributed by atoms with Crippen molar-refractivity contribution in [2.24, 2.45) is 5.73 Å². The molecule has 1 aromatic heterocycles. The van der Waals surface area contributed by atoms with E-state index in [1.165, 1.54) is 0 Å². The molecular weight excluding hydrogens is 269 g/mol. The predicted octanol–water partition coefficient (Wildman–Crippen LogP) is 2.68.